The van der Waals surface area contributed by atoms with E-state index in [0.717, 1.165) is 19.4 Å². The Labute approximate surface area is 117 Å². The maximum absolute atomic E-state index is 13.7. The Hall–Kier alpha value is -1.13. The molecule has 0 radical (unpaired) electrons. The van der Waals surface area contributed by atoms with Gasteiger partial charge in [0.2, 0.25) is 5.91 Å². The molecule has 1 aromatic rings. The highest BCUT2D eigenvalue weighted by atomic mass is 35.5. The summed E-state index contributed by atoms with van der Waals surface area (Å²) in [5, 5.41) is 3.56. The highest BCUT2D eigenvalue weighted by molar-refractivity contribution is 6.31. The fourth-order valence-electron chi connectivity index (χ4n) is 2.49. The van der Waals surface area contributed by atoms with Crippen LogP contribution in [0.5, 0.6) is 0 Å². The molecular weight excluding hydrogens is 267 g/mol. The van der Waals surface area contributed by atoms with Crippen molar-refractivity contribution in [1.82, 2.24) is 10.2 Å². The van der Waals surface area contributed by atoms with Gasteiger partial charge in [0.1, 0.15) is 5.82 Å². The Kier molecular flexibility index (Phi) is 4.11. The quantitative estimate of drug-likeness (QED) is 0.925. The molecule has 1 amide bonds. The lowest BCUT2D eigenvalue weighted by molar-refractivity contribution is -0.136. The van der Waals surface area contributed by atoms with Crippen molar-refractivity contribution in [2.75, 3.05) is 13.6 Å². The predicted molar refractivity (Wildman–Crippen MR) is 73.5 cm³/mol. The van der Waals surface area contributed by atoms with E-state index in [2.05, 4.69) is 5.32 Å². The average molecular weight is 285 g/mol. The standard InChI is InChI=1S/C14H18ClFN2O/c1-14(7-4-8-17-14)13(19)18(2)9-10-11(15)5-3-6-12(10)16/h3,5-6,17H,4,7-9H2,1-2H3. The van der Waals surface area contributed by atoms with Crippen molar-refractivity contribution < 1.29 is 9.18 Å². The second kappa shape index (κ2) is 5.47. The Bertz CT molecular complexity index is 466. The van der Waals surface area contributed by atoms with E-state index in [1.54, 1.807) is 19.2 Å². The monoisotopic (exact) mass is 284 g/mol. The zero-order chi connectivity index (χ0) is 14.0. The van der Waals surface area contributed by atoms with Crippen LogP contribution in [0.3, 0.4) is 0 Å². The van der Waals surface area contributed by atoms with E-state index in [9.17, 15) is 9.18 Å². The Morgan fingerprint density at radius 2 is 2.32 bits per heavy atom. The van der Waals surface area contributed by atoms with E-state index in [0.29, 0.717) is 10.6 Å². The SMILES string of the molecule is CN(Cc1c(F)cccc1Cl)C(=O)C1(C)CCCN1. The zero-order valence-electron chi connectivity index (χ0n) is 11.2. The van der Waals surface area contributed by atoms with Gasteiger partial charge in [-0.1, -0.05) is 17.7 Å². The van der Waals surface area contributed by atoms with Gasteiger partial charge in [-0.25, -0.2) is 4.39 Å². The van der Waals surface area contributed by atoms with Crippen molar-refractivity contribution >= 4 is 17.5 Å². The largest absolute Gasteiger partial charge is 0.340 e. The molecule has 0 saturated carbocycles. The minimum Gasteiger partial charge on any atom is -0.340 e. The van der Waals surface area contributed by atoms with Crippen LogP contribution in [-0.4, -0.2) is 29.9 Å². The third kappa shape index (κ3) is 2.90. The Morgan fingerprint density at radius 1 is 1.58 bits per heavy atom. The van der Waals surface area contributed by atoms with Crippen LogP contribution >= 0.6 is 11.6 Å². The number of rotatable bonds is 3. The molecule has 104 valence electrons. The first kappa shape index (κ1) is 14.3. The van der Waals surface area contributed by atoms with Crippen LogP contribution in [0.15, 0.2) is 18.2 Å². The molecule has 1 aliphatic heterocycles. The van der Waals surface area contributed by atoms with Crippen LogP contribution in [0.1, 0.15) is 25.3 Å². The first-order valence-corrected chi connectivity index (χ1v) is 6.75. The Morgan fingerprint density at radius 3 is 2.89 bits per heavy atom. The normalized spacial score (nSPS) is 22.5. The molecular formula is C14H18ClFN2O. The van der Waals surface area contributed by atoms with Gasteiger partial charge >= 0.3 is 0 Å². The number of hydrogen-bond donors (Lipinski definition) is 1. The zero-order valence-corrected chi connectivity index (χ0v) is 11.9. The van der Waals surface area contributed by atoms with Gasteiger partial charge in [0.15, 0.2) is 0 Å². The molecule has 0 bridgehead atoms. The molecule has 3 nitrogen and oxygen atoms in total. The average Bonchev–Trinajstić information content (AvgIpc) is 2.81. The number of amides is 1. The maximum atomic E-state index is 13.7. The predicted octanol–water partition coefficient (Wildman–Crippen LogP) is 2.58. The fourth-order valence-corrected chi connectivity index (χ4v) is 2.71. The summed E-state index contributed by atoms with van der Waals surface area (Å²) >= 11 is 5.98. The summed E-state index contributed by atoms with van der Waals surface area (Å²) in [6.07, 6.45) is 1.79. The van der Waals surface area contributed by atoms with Gasteiger partial charge in [0.05, 0.1) is 5.54 Å². The first-order valence-electron chi connectivity index (χ1n) is 6.37. The molecule has 0 aromatic heterocycles. The van der Waals surface area contributed by atoms with Gasteiger partial charge in [-0.15, -0.1) is 0 Å². The van der Waals surface area contributed by atoms with Gasteiger partial charge in [-0.05, 0) is 38.4 Å². The topological polar surface area (TPSA) is 32.3 Å². The molecule has 0 spiro atoms. The van der Waals surface area contributed by atoms with E-state index in [1.165, 1.54) is 11.0 Å². The van der Waals surface area contributed by atoms with E-state index < -0.39 is 5.54 Å². The van der Waals surface area contributed by atoms with Gasteiger partial charge in [-0.3, -0.25) is 4.79 Å². The molecule has 0 aliphatic carbocycles. The highest BCUT2D eigenvalue weighted by Crippen LogP contribution is 2.24. The van der Waals surface area contributed by atoms with Crippen molar-refractivity contribution in [2.45, 2.75) is 31.8 Å². The third-order valence-corrected chi connectivity index (χ3v) is 4.00. The fraction of sp³-hybridized carbons (Fsp3) is 0.500. The minimum absolute atomic E-state index is 0.0238. The number of carbonyl (C=O) groups excluding carboxylic acids is 1. The van der Waals surface area contributed by atoms with Crippen LogP contribution in [-0.2, 0) is 11.3 Å². The van der Waals surface area contributed by atoms with Gasteiger partial charge in [0.25, 0.3) is 0 Å². The second-order valence-electron chi connectivity index (χ2n) is 5.22. The molecule has 1 heterocycles. The molecule has 1 N–H and O–H groups in total. The molecule has 1 unspecified atom stereocenters. The van der Waals surface area contributed by atoms with Gasteiger partial charge < -0.3 is 10.2 Å². The summed E-state index contributed by atoms with van der Waals surface area (Å²) in [7, 11) is 1.68. The summed E-state index contributed by atoms with van der Waals surface area (Å²) in [6.45, 7) is 2.92. The number of nitrogens with zero attached hydrogens (tertiary/aromatic N) is 1. The second-order valence-corrected chi connectivity index (χ2v) is 5.63. The van der Waals surface area contributed by atoms with E-state index in [1.807, 2.05) is 6.92 Å². The lowest BCUT2D eigenvalue weighted by atomic mass is 9.98. The van der Waals surface area contributed by atoms with Crippen LogP contribution in [0.25, 0.3) is 0 Å². The van der Waals surface area contributed by atoms with Crippen LogP contribution in [0, 0.1) is 5.82 Å². The number of nitrogens with one attached hydrogen (secondary N) is 1. The van der Waals surface area contributed by atoms with Gasteiger partial charge in [-0.2, -0.15) is 0 Å². The van der Waals surface area contributed by atoms with Crippen molar-refractivity contribution in [3.05, 3.63) is 34.6 Å². The minimum atomic E-state index is -0.535. The molecule has 1 aromatic carbocycles. The summed E-state index contributed by atoms with van der Waals surface area (Å²) in [5.41, 5.74) is -0.173. The van der Waals surface area contributed by atoms with E-state index in [4.69, 9.17) is 11.6 Å². The number of halogens is 2. The summed E-state index contributed by atoms with van der Waals surface area (Å²) in [5.74, 6) is -0.402. The molecule has 1 aliphatic rings. The van der Waals surface area contributed by atoms with Crippen molar-refractivity contribution in [2.24, 2.45) is 0 Å². The van der Waals surface area contributed by atoms with Crippen molar-refractivity contribution in [3.63, 3.8) is 0 Å². The van der Waals surface area contributed by atoms with Crippen LogP contribution in [0.4, 0.5) is 4.39 Å². The number of likely N-dealkylation sites (N-methyl/N-ethyl adjacent to an activating group) is 1. The van der Waals surface area contributed by atoms with Gasteiger partial charge in [0, 0.05) is 24.2 Å². The number of benzene rings is 1. The highest BCUT2D eigenvalue weighted by Gasteiger charge is 2.38. The number of hydrogen-bond acceptors (Lipinski definition) is 2. The smallest absolute Gasteiger partial charge is 0.242 e. The first-order chi connectivity index (χ1) is 8.94. The van der Waals surface area contributed by atoms with E-state index >= 15 is 0 Å². The molecule has 2 rings (SSSR count). The molecule has 1 atom stereocenters. The maximum Gasteiger partial charge on any atom is 0.242 e. The third-order valence-electron chi connectivity index (χ3n) is 3.64. The number of carbonyl (C=O) groups is 1. The molecule has 5 heteroatoms. The summed E-state index contributed by atoms with van der Waals surface area (Å²) in [4.78, 5) is 13.9. The van der Waals surface area contributed by atoms with E-state index in [-0.39, 0.29) is 18.3 Å². The summed E-state index contributed by atoms with van der Waals surface area (Å²) < 4.78 is 13.7. The van der Waals surface area contributed by atoms with Crippen LogP contribution < -0.4 is 5.32 Å². The molecule has 1 saturated heterocycles. The van der Waals surface area contributed by atoms with Crippen LogP contribution in [0.2, 0.25) is 5.02 Å². The summed E-state index contributed by atoms with van der Waals surface area (Å²) in [6, 6.07) is 4.55. The lowest BCUT2D eigenvalue weighted by Crippen LogP contribution is -2.51. The van der Waals surface area contributed by atoms with Crippen molar-refractivity contribution in [3.8, 4) is 0 Å². The van der Waals surface area contributed by atoms with Crippen molar-refractivity contribution in [1.29, 1.82) is 0 Å². The Balaban J connectivity index is 2.13. The molecule has 1 fully saturated rings. The molecule has 19 heavy (non-hydrogen) atoms. The lowest BCUT2D eigenvalue weighted by Gasteiger charge is -2.29.